The van der Waals surface area contributed by atoms with Crippen molar-refractivity contribution in [3.8, 4) is 0 Å². The topological polar surface area (TPSA) is 20.3 Å². The lowest BCUT2D eigenvalue weighted by atomic mass is 9.80. The largest absolute Gasteiger partial charge is 0.338 e. The maximum Gasteiger partial charge on any atom is 0.255 e. The van der Waals surface area contributed by atoms with Gasteiger partial charge in [-0.2, -0.15) is 0 Å². The average molecular weight is 389 g/mol. The van der Waals surface area contributed by atoms with E-state index in [0.29, 0.717) is 5.92 Å². The number of halogens is 2. The number of rotatable bonds is 1. The predicted octanol–water partition coefficient (Wildman–Crippen LogP) is 4.72. The summed E-state index contributed by atoms with van der Waals surface area (Å²) in [4.78, 5) is 14.5. The van der Waals surface area contributed by atoms with Crippen LogP contribution in [0.3, 0.4) is 0 Å². The summed E-state index contributed by atoms with van der Waals surface area (Å²) in [5.74, 6) is 0.710. The molecule has 19 heavy (non-hydrogen) atoms. The van der Waals surface area contributed by atoms with Crippen molar-refractivity contribution in [3.05, 3.63) is 32.7 Å². The second-order valence-corrected chi connectivity index (χ2v) is 8.00. The molecule has 1 aliphatic rings. The molecule has 0 aromatic heterocycles. The van der Waals surface area contributed by atoms with E-state index in [9.17, 15) is 4.79 Å². The van der Waals surface area contributed by atoms with Crippen LogP contribution in [-0.2, 0) is 0 Å². The van der Waals surface area contributed by atoms with Crippen molar-refractivity contribution in [2.45, 2.75) is 27.2 Å². The molecule has 0 saturated carbocycles. The van der Waals surface area contributed by atoms with Gasteiger partial charge in [0.25, 0.3) is 5.91 Å². The van der Waals surface area contributed by atoms with E-state index in [-0.39, 0.29) is 11.3 Å². The molecule has 1 aliphatic heterocycles. The maximum atomic E-state index is 12.6. The summed E-state index contributed by atoms with van der Waals surface area (Å²) in [6, 6.07) is 5.73. The minimum absolute atomic E-state index is 0.125. The van der Waals surface area contributed by atoms with Crippen molar-refractivity contribution in [3.63, 3.8) is 0 Å². The third kappa shape index (κ3) is 3.40. The molecular formula is C15H19Br2NO. The Morgan fingerprint density at radius 1 is 1.32 bits per heavy atom. The molecule has 0 N–H and O–H groups in total. The number of carbonyl (C=O) groups excluding carboxylic acids is 1. The quantitative estimate of drug-likeness (QED) is 0.681. The molecule has 1 saturated heterocycles. The van der Waals surface area contributed by atoms with Gasteiger partial charge >= 0.3 is 0 Å². The highest BCUT2D eigenvalue weighted by atomic mass is 79.9. The normalized spacial score (nSPS) is 19.8. The highest BCUT2D eigenvalue weighted by Crippen LogP contribution is 2.34. The molecule has 2 nitrogen and oxygen atoms in total. The molecule has 0 aliphatic carbocycles. The van der Waals surface area contributed by atoms with E-state index in [1.807, 2.05) is 23.1 Å². The van der Waals surface area contributed by atoms with E-state index in [2.05, 4.69) is 52.6 Å². The van der Waals surface area contributed by atoms with E-state index in [1.54, 1.807) is 0 Å². The Morgan fingerprint density at radius 2 is 2.00 bits per heavy atom. The van der Waals surface area contributed by atoms with E-state index in [1.165, 1.54) is 0 Å². The van der Waals surface area contributed by atoms with Crippen LogP contribution in [0, 0.1) is 11.3 Å². The summed E-state index contributed by atoms with van der Waals surface area (Å²) in [5.41, 5.74) is 1.01. The van der Waals surface area contributed by atoms with Crippen LogP contribution in [0.1, 0.15) is 37.6 Å². The molecule has 1 fully saturated rings. The summed E-state index contributed by atoms with van der Waals surface area (Å²) in [6.45, 7) is 8.48. The van der Waals surface area contributed by atoms with Crippen molar-refractivity contribution in [2.24, 2.45) is 11.3 Å². The molecule has 1 aromatic rings. The zero-order valence-corrected chi connectivity index (χ0v) is 14.7. The molecule has 1 unspecified atom stereocenters. The van der Waals surface area contributed by atoms with Gasteiger partial charge in [-0.3, -0.25) is 4.79 Å². The van der Waals surface area contributed by atoms with Crippen LogP contribution in [0.2, 0.25) is 0 Å². The van der Waals surface area contributed by atoms with E-state index in [4.69, 9.17) is 0 Å². The fourth-order valence-electron chi connectivity index (χ4n) is 2.48. The monoisotopic (exact) mass is 387 g/mol. The highest BCUT2D eigenvalue weighted by molar-refractivity contribution is 9.11. The predicted molar refractivity (Wildman–Crippen MR) is 85.3 cm³/mol. The van der Waals surface area contributed by atoms with Crippen molar-refractivity contribution in [1.82, 2.24) is 4.90 Å². The number of carbonyl (C=O) groups is 1. The molecule has 2 rings (SSSR count). The SMILES string of the molecule is CC(C)(C)C1CCN(C(=O)c2cc(Br)ccc2Br)C1. The van der Waals surface area contributed by atoms with Gasteiger partial charge in [0.05, 0.1) is 5.56 Å². The summed E-state index contributed by atoms with van der Waals surface area (Å²) in [7, 11) is 0. The number of hydrogen-bond acceptors (Lipinski definition) is 1. The lowest BCUT2D eigenvalue weighted by Gasteiger charge is -2.27. The van der Waals surface area contributed by atoms with Crippen LogP contribution in [0.4, 0.5) is 0 Å². The van der Waals surface area contributed by atoms with Gasteiger partial charge in [-0.05, 0) is 51.9 Å². The third-order valence-electron chi connectivity index (χ3n) is 3.86. The van der Waals surface area contributed by atoms with Gasteiger partial charge in [-0.25, -0.2) is 0 Å². The van der Waals surface area contributed by atoms with Crippen LogP contribution in [0.15, 0.2) is 27.1 Å². The molecule has 0 bridgehead atoms. The lowest BCUT2D eigenvalue weighted by molar-refractivity contribution is 0.0775. The van der Waals surface area contributed by atoms with Crippen LogP contribution in [-0.4, -0.2) is 23.9 Å². The van der Waals surface area contributed by atoms with Gasteiger partial charge in [-0.15, -0.1) is 0 Å². The number of hydrogen-bond donors (Lipinski definition) is 0. The first-order valence-corrected chi connectivity index (χ1v) is 8.12. The molecule has 1 heterocycles. The van der Waals surface area contributed by atoms with E-state index < -0.39 is 0 Å². The number of nitrogens with zero attached hydrogens (tertiary/aromatic N) is 1. The second-order valence-electron chi connectivity index (χ2n) is 6.23. The first-order chi connectivity index (χ1) is 8.79. The molecular weight excluding hydrogens is 370 g/mol. The Bertz CT molecular complexity index is 493. The Morgan fingerprint density at radius 3 is 2.58 bits per heavy atom. The molecule has 104 valence electrons. The number of likely N-dealkylation sites (tertiary alicyclic amines) is 1. The van der Waals surface area contributed by atoms with Crippen LogP contribution in [0.5, 0.6) is 0 Å². The maximum absolute atomic E-state index is 12.6. The Kier molecular flexibility index (Phi) is 4.41. The van der Waals surface area contributed by atoms with Gasteiger partial charge < -0.3 is 4.90 Å². The summed E-state index contributed by atoms with van der Waals surface area (Å²) in [6.07, 6.45) is 1.10. The summed E-state index contributed by atoms with van der Waals surface area (Å²) in [5, 5.41) is 0. The minimum atomic E-state index is 0.125. The first-order valence-electron chi connectivity index (χ1n) is 6.53. The van der Waals surface area contributed by atoms with Gasteiger partial charge in [0, 0.05) is 22.0 Å². The first kappa shape index (κ1) is 15.0. The summed E-state index contributed by atoms with van der Waals surface area (Å²) >= 11 is 6.89. The van der Waals surface area contributed by atoms with E-state index >= 15 is 0 Å². The Hall–Kier alpha value is -0.350. The van der Waals surface area contributed by atoms with Gasteiger partial charge in [-0.1, -0.05) is 36.7 Å². The molecule has 0 spiro atoms. The smallest absolute Gasteiger partial charge is 0.255 e. The van der Waals surface area contributed by atoms with Crippen LogP contribution in [0.25, 0.3) is 0 Å². The van der Waals surface area contributed by atoms with Crippen LogP contribution < -0.4 is 0 Å². The Labute approximate surface area is 131 Å². The van der Waals surface area contributed by atoms with Gasteiger partial charge in [0.2, 0.25) is 0 Å². The second kappa shape index (κ2) is 5.57. The van der Waals surface area contributed by atoms with Crippen molar-refractivity contribution in [1.29, 1.82) is 0 Å². The summed E-state index contributed by atoms with van der Waals surface area (Å²) < 4.78 is 1.80. The van der Waals surface area contributed by atoms with E-state index in [0.717, 1.165) is 34.0 Å². The van der Waals surface area contributed by atoms with Crippen molar-refractivity contribution in [2.75, 3.05) is 13.1 Å². The molecule has 0 radical (unpaired) electrons. The molecule has 1 amide bonds. The minimum Gasteiger partial charge on any atom is -0.338 e. The zero-order valence-electron chi connectivity index (χ0n) is 11.5. The fourth-order valence-corrected chi connectivity index (χ4v) is 3.26. The highest BCUT2D eigenvalue weighted by Gasteiger charge is 2.34. The fraction of sp³-hybridized carbons (Fsp3) is 0.533. The van der Waals surface area contributed by atoms with Crippen molar-refractivity contribution < 1.29 is 4.79 Å². The van der Waals surface area contributed by atoms with Crippen molar-refractivity contribution >= 4 is 37.8 Å². The van der Waals surface area contributed by atoms with Gasteiger partial charge in [0.1, 0.15) is 0 Å². The average Bonchev–Trinajstić information content (AvgIpc) is 2.80. The number of amides is 1. The zero-order chi connectivity index (χ0) is 14.2. The number of benzene rings is 1. The third-order valence-corrected chi connectivity index (χ3v) is 5.04. The molecule has 1 atom stereocenters. The van der Waals surface area contributed by atoms with Crippen LogP contribution >= 0.6 is 31.9 Å². The Balaban J connectivity index is 2.16. The van der Waals surface area contributed by atoms with Gasteiger partial charge in [0.15, 0.2) is 0 Å². The molecule has 4 heteroatoms. The lowest BCUT2D eigenvalue weighted by Crippen LogP contribution is -2.31. The standard InChI is InChI=1S/C15H19Br2NO/c1-15(2,3)10-6-7-18(9-10)14(19)12-8-11(16)4-5-13(12)17/h4-5,8,10H,6-7,9H2,1-3H3. The molecule has 1 aromatic carbocycles.